The number of methoxy groups -OCH3 is 2. The Bertz CT molecular complexity index is 1660. The molecule has 0 spiro atoms. The van der Waals surface area contributed by atoms with Gasteiger partial charge in [-0.2, -0.15) is 0 Å². The maximum Gasteiger partial charge on any atom is 0.404 e. The van der Waals surface area contributed by atoms with Crippen LogP contribution in [0.1, 0.15) is 39.0 Å². The van der Waals surface area contributed by atoms with Crippen molar-refractivity contribution in [3.8, 4) is 11.5 Å². The number of nitrogens with one attached hydrogen (secondary N) is 2. The molecule has 212 valence electrons. The second-order valence-corrected chi connectivity index (χ2v) is 8.93. The van der Waals surface area contributed by atoms with Gasteiger partial charge in [-0.1, -0.05) is 25.1 Å². The maximum absolute atomic E-state index is 13.3. The fourth-order valence-electron chi connectivity index (χ4n) is 4.11. The number of ether oxygens (including phenoxy) is 3. The molecule has 0 aliphatic carbocycles. The summed E-state index contributed by atoms with van der Waals surface area (Å²) >= 11 is 0. The number of hydrogen-bond donors (Lipinski definition) is 3. The molecule has 3 amide bonds. The van der Waals surface area contributed by atoms with E-state index in [0.29, 0.717) is 17.5 Å². The maximum atomic E-state index is 13.3. The van der Waals surface area contributed by atoms with Crippen LogP contribution < -0.4 is 31.3 Å². The van der Waals surface area contributed by atoms with Crippen molar-refractivity contribution in [1.82, 2.24) is 0 Å². The molecule has 1 heterocycles. The van der Waals surface area contributed by atoms with Gasteiger partial charge in [0.15, 0.2) is 22.7 Å². The molecule has 3 aromatic carbocycles. The molecule has 11 nitrogen and oxygen atoms in total. The molecule has 0 saturated carbocycles. The minimum atomic E-state index is -0.847. The van der Waals surface area contributed by atoms with Crippen LogP contribution in [0.2, 0.25) is 0 Å². The molecule has 11 heteroatoms. The Labute approximate surface area is 235 Å². The average Bonchev–Trinajstić information content (AvgIpc) is 2.97. The van der Waals surface area contributed by atoms with Crippen molar-refractivity contribution in [3.05, 3.63) is 93.3 Å². The predicted molar refractivity (Wildman–Crippen MR) is 153 cm³/mol. The first-order valence-electron chi connectivity index (χ1n) is 12.7. The number of hydrogen-bond acceptors (Lipinski definition) is 8. The van der Waals surface area contributed by atoms with Crippen LogP contribution in [0.25, 0.3) is 11.0 Å². The Morgan fingerprint density at radius 3 is 2.20 bits per heavy atom. The third-order valence-corrected chi connectivity index (χ3v) is 6.29. The lowest BCUT2D eigenvalue weighted by Crippen LogP contribution is -2.20. The Morgan fingerprint density at radius 1 is 0.854 bits per heavy atom. The van der Waals surface area contributed by atoms with E-state index in [2.05, 4.69) is 10.6 Å². The third-order valence-electron chi connectivity index (χ3n) is 6.29. The summed E-state index contributed by atoms with van der Waals surface area (Å²) in [5, 5.41) is 5.81. The molecular formula is C30H29N3O8. The van der Waals surface area contributed by atoms with Crippen LogP contribution in [0.15, 0.2) is 69.9 Å². The van der Waals surface area contributed by atoms with E-state index < -0.39 is 17.9 Å². The number of carbonyl (C=O) groups excluding carboxylic acids is 3. The van der Waals surface area contributed by atoms with E-state index >= 15 is 0 Å². The molecule has 1 aromatic heterocycles. The van der Waals surface area contributed by atoms with Crippen LogP contribution in [-0.4, -0.2) is 38.7 Å². The summed E-state index contributed by atoms with van der Waals surface area (Å²) in [5.41, 5.74) is 7.38. The topological polar surface area (TPSA) is 159 Å². The van der Waals surface area contributed by atoms with Gasteiger partial charge in [0.1, 0.15) is 5.58 Å². The van der Waals surface area contributed by atoms with Crippen molar-refractivity contribution in [2.45, 2.75) is 19.8 Å². The van der Waals surface area contributed by atoms with Crippen LogP contribution >= 0.6 is 0 Å². The SMILES string of the molecule is CCc1ccc2oc(C(=O)Nc3cc(OC)c(OC)cc3C(=O)Nc3ccc(CCOC(N)=O)cc3)cc(=O)c2c1. The number of carbonyl (C=O) groups is 3. The van der Waals surface area contributed by atoms with Gasteiger partial charge in [-0.25, -0.2) is 4.79 Å². The second-order valence-electron chi connectivity index (χ2n) is 8.93. The van der Waals surface area contributed by atoms with Gasteiger partial charge in [0.2, 0.25) is 0 Å². The molecule has 0 unspecified atom stereocenters. The fraction of sp³-hybridized carbons (Fsp3) is 0.200. The van der Waals surface area contributed by atoms with E-state index in [1.165, 1.54) is 26.4 Å². The second kappa shape index (κ2) is 12.7. The van der Waals surface area contributed by atoms with Crippen molar-refractivity contribution in [2.75, 3.05) is 31.5 Å². The van der Waals surface area contributed by atoms with E-state index in [9.17, 15) is 19.2 Å². The highest BCUT2D eigenvalue weighted by atomic mass is 16.5. The lowest BCUT2D eigenvalue weighted by molar-refractivity contribution is 0.0997. The van der Waals surface area contributed by atoms with Gasteiger partial charge in [0.05, 0.1) is 37.5 Å². The summed E-state index contributed by atoms with van der Waals surface area (Å²) in [6.07, 6.45) is 0.353. The van der Waals surface area contributed by atoms with E-state index in [1.54, 1.807) is 36.4 Å². The lowest BCUT2D eigenvalue weighted by atomic mass is 10.1. The van der Waals surface area contributed by atoms with Crippen LogP contribution in [0, 0.1) is 0 Å². The smallest absolute Gasteiger partial charge is 0.404 e. The molecule has 4 aromatic rings. The first-order chi connectivity index (χ1) is 19.7. The van der Waals surface area contributed by atoms with Gasteiger partial charge in [-0.05, 0) is 47.9 Å². The molecule has 0 aliphatic rings. The Hall–Kier alpha value is -5.32. The van der Waals surface area contributed by atoms with Crippen LogP contribution in [0.4, 0.5) is 16.2 Å². The third kappa shape index (κ3) is 6.82. The van der Waals surface area contributed by atoms with E-state index in [0.717, 1.165) is 23.6 Å². The summed E-state index contributed by atoms with van der Waals surface area (Å²) in [5.74, 6) is -0.951. The molecule has 4 rings (SSSR count). The first-order valence-corrected chi connectivity index (χ1v) is 12.7. The molecule has 0 aliphatic heterocycles. The zero-order chi connectivity index (χ0) is 29.5. The molecule has 4 N–H and O–H groups in total. The van der Waals surface area contributed by atoms with Gasteiger partial charge in [0, 0.05) is 24.2 Å². The van der Waals surface area contributed by atoms with Crippen LogP contribution in [0.3, 0.4) is 0 Å². The summed E-state index contributed by atoms with van der Waals surface area (Å²) in [7, 11) is 2.85. The highest BCUT2D eigenvalue weighted by Gasteiger charge is 2.21. The van der Waals surface area contributed by atoms with Gasteiger partial charge in [-0.15, -0.1) is 0 Å². The number of aryl methyl sites for hydroxylation is 1. The van der Waals surface area contributed by atoms with Crippen LogP contribution in [0.5, 0.6) is 11.5 Å². The molecule has 0 radical (unpaired) electrons. The summed E-state index contributed by atoms with van der Waals surface area (Å²) in [4.78, 5) is 50.0. The molecule has 0 saturated heterocycles. The molecule has 41 heavy (non-hydrogen) atoms. The highest BCUT2D eigenvalue weighted by molar-refractivity contribution is 6.12. The van der Waals surface area contributed by atoms with Gasteiger partial charge in [-0.3, -0.25) is 14.4 Å². The van der Waals surface area contributed by atoms with Gasteiger partial charge < -0.3 is 35.0 Å². The predicted octanol–water partition coefficient (Wildman–Crippen LogP) is 4.52. The molecule has 0 bridgehead atoms. The molecule has 0 fully saturated rings. The summed E-state index contributed by atoms with van der Waals surface area (Å²) < 4.78 is 21.2. The fourth-order valence-corrected chi connectivity index (χ4v) is 4.11. The normalized spacial score (nSPS) is 10.6. The zero-order valence-corrected chi connectivity index (χ0v) is 22.7. The van der Waals surface area contributed by atoms with Crippen molar-refractivity contribution in [3.63, 3.8) is 0 Å². The van der Waals surface area contributed by atoms with Crippen molar-refractivity contribution in [2.24, 2.45) is 5.73 Å². The van der Waals surface area contributed by atoms with E-state index in [1.807, 2.05) is 13.0 Å². The monoisotopic (exact) mass is 559 g/mol. The van der Waals surface area contributed by atoms with Crippen molar-refractivity contribution < 1.29 is 33.0 Å². The van der Waals surface area contributed by atoms with E-state index in [-0.39, 0.29) is 46.1 Å². The van der Waals surface area contributed by atoms with Gasteiger partial charge in [0.25, 0.3) is 11.8 Å². The minimum absolute atomic E-state index is 0.0747. The highest BCUT2D eigenvalue weighted by Crippen LogP contribution is 2.34. The number of anilines is 2. The molecule has 0 atom stereocenters. The lowest BCUT2D eigenvalue weighted by Gasteiger charge is -2.16. The first kappa shape index (κ1) is 28.7. The summed E-state index contributed by atoms with van der Waals surface area (Å²) in [6, 6.07) is 16.1. The van der Waals surface area contributed by atoms with E-state index in [4.69, 9.17) is 24.4 Å². The number of rotatable bonds is 10. The zero-order valence-electron chi connectivity index (χ0n) is 22.7. The number of amides is 3. The Balaban J connectivity index is 1.60. The average molecular weight is 560 g/mol. The number of nitrogens with two attached hydrogens (primary N) is 1. The minimum Gasteiger partial charge on any atom is -0.493 e. The van der Waals surface area contributed by atoms with Crippen LogP contribution in [-0.2, 0) is 17.6 Å². The number of benzene rings is 3. The number of primary amides is 1. The quantitative estimate of drug-likeness (QED) is 0.256. The largest absolute Gasteiger partial charge is 0.493 e. The van der Waals surface area contributed by atoms with Crippen molar-refractivity contribution in [1.29, 1.82) is 0 Å². The van der Waals surface area contributed by atoms with Crippen molar-refractivity contribution >= 4 is 40.3 Å². The molecular weight excluding hydrogens is 530 g/mol. The summed E-state index contributed by atoms with van der Waals surface area (Å²) in [6.45, 7) is 2.10. The Morgan fingerprint density at radius 2 is 1.54 bits per heavy atom. The number of fused-ring (bicyclic) bond motifs is 1. The standard InChI is InChI=1S/C30H29N3O8/c1-4-17-7-10-24-21(13-17)23(34)16-27(41-24)29(36)33-22-15-26(39-3)25(38-2)14-20(22)28(35)32-19-8-5-18(6-9-19)11-12-40-30(31)37/h5-10,13-16H,4,11-12H2,1-3H3,(H2,31,37)(H,32,35)(H,33,36). The Kier molecular flexibility index (Phi) is 8.88. The van der Waals surface area contributed by atoms with Gasteiger partial charge >= 0.3 is 6.09 Å².